The Kier molecular flexibility index (Phi) is 6.64. The summed E-state index contributed by atoms with van der Waals surface area (Å²) in [6, 6.07) is 12.7. The van der Waals surface area contributed by atoms with Gasteiger partial charge in [0.05, 0.1) is 10.3 Å². The van der Waals surface area contributed by atoms with Gasteiger partial charge in [-0.1, -0.05) is 43.2 Å². The number of esters is 1. The van der Waals surface area contributed by atoms with Crippen LogP contribution in [0, 0.1) is 13.8 Å². The predicted octanol–water partition coefficient (Wildman–Crippen LogP) is 4.32. The van der Waals surface area contributed by atoms with Crippen molar-refractivity contribution in [3.8, 4) is 11.5 Å². The number of carbonyl (C=O) groups excluding carboxylic acids is 1. The first-order valence-electron chi connectivity index (χ1n) is 11.1. The number of hydrogen-bond acceptors (Lipinski definition) is 7. The molecule has 35 heavy (non-hydrogen) atoms. The van der Waals surface area contributed by atoms with E-state index >= 15 is 0 Å². The van der Waals surface area contributed by atoms with Crippen LogP contribution in [0.5, 0.6) is 11.5 Å². The molecular weight excluding hydrogens is 470 g/mol. The molecule has 0 saturated heterocycles. The third-order valence-corrected chi connectivity index (χ3v) is 7.15. The zero-order valence-electron chi connectivity index (χ0n) is 19.5. The Morgan fingerprint density at radius 3 is 2.51 bits per heavy atom. The highest BCUT2D eigenvalue weighted by Crippen LogP contribution is 2.31. The van der Waals surface area contributed by atoms with E-state index in [1.807, 2.05) is 13.8 Å². The van der Waals surface area contributed by atoms with Gasteiger partial charge in [-0.2, -0.15) is 4.72 Å². The SMILES string of the molecule is CCC[C@H](NS(=O)(=O)c1ccc(C)cc1)C(=O)Oc1cc(O)c2c(=O)c3cccc(C)c3oc2c1. The van der Waals surface area contributed by atoms with E-state index in [1.165, 1.54) is 18.2 Å². The number of aromatic hydroxyl groups is 1. The van der Waals surface area contributed by atoms with Gasteiger partial charge in [0.25, 0.3) is 0 Å². The zero-order valence-corrected chi connectivity index (χ0v) is 20.3. The molecule has 0 amide bonds. The highest BCUT2D eigenvalue weighted by Gasteiger charge is 2.27. The largest absolute Gasteiger partial charge is 0.507 e. The lowest BCUT2D eigenvalue weighted by Crippen LogP contribution is -2.42. The number of phenols is 1. The summed E-state index contributed by atoms with van der Waals surface area (Å²) in [6.07, 6.45) is 0.710. The van der Waals surface area contributed by atoms with E-state index in [4.69, 9.17) is 9.15 Å². The maximum absolute atomic E-state index is 12.9. The van der Waals surface area contributed by atoms with Gasteiger partial charge in [0, 0.05) is 12.1 Å². The van der Waals surface area contributed by atoms with Crippen LogP contribution in [0.15, 0.2) is 68.7 Å². The van der Waals surface area contributed by atoms with Crippen LogP contribution in [0.1, 0.15) is 30.9 Å². The van der Waals surface area contributed by atoms with Crippen molar-refractivity contribution in [2.45, 2.75) is 44.6 Å². The molecule has 0 spiro atoms. The van der Waals surface area contributed by atoms with Crippen LogP contribution >= 0.6 is 0 Å². The van der Waals surface area contributed by atoms with E-state index in [-0.39, 0.29) is 28.0 Å². The van der Waals surface area contributed by atoms with Crippen molar-refractivity contribution in [1.29, 1.82) is 0 Å². The molecular formula is C26H25NO7S. The summed E-state index contributed by atoms with van der Waals surface area (Å²) in [5, 5.41) is 10.8. The van der Waals surface area contributed by atoms with Gasteiger partial charge < -0.3 is 14.3 Å². The summed E-state index contributed by atoms with van der Waals surface area (Å²) in [5.41, 5.74) is 1.64. The summed E-state index contributed by atoms with van der Waals surface area (Å²) < 4.78 is 39.3. The molecule has 0 saturated carbocycles. The number of rotatable bonds is 7. The minimum atomic E-state index is -3.97. The fourth-order valence-corrected chi connectivity index (χ4v) is 5.05. The first kappa shape index (κ1) is 24.4. The second kappa shape index (κ2) is 9.52. The van der Waals surface area contributed by atoms with Crippen molar-refractivity contribution in [2.75, 3.05) is 0 Å². The van der Waals surface area contributed by atoms with E-state index in [0.717, 1.165) is 17.2 Å². The quantitative estimate of drug-likeness (QED) is 0.222. The maximum Gasteiger partial charge on any atom is 0.329 e. The molecule has 4 rings (SSSR count). The highest BCUT2D eigenvalue weighted by molar-refractivity contribution is 7.89. The van der Waals surface area contributed by atoms with Gasteiger partial charge in [0.2, 0.25) is 15.5 Å². The Balaban J connectivity index is 1.66. The Morgan fingerprint density at radius 2 is 1.83 bits per heavy atom. The van der Waals surface area contributed by atoms with Crippen LogP contribution < -0.4 is 14.9 Å². The summed E-state index contributed by atoms with van der Waals surface area (Å²) in [7, 11) is -3.97. The van der Waals surface area contributed by atoms with Gasteiger partial charge >= 0.3 is 5.97 Å². The van der Waals surface area contributed by atoms with E-state index in [2.05, 4.69) is 4.72 Å². The van der Waals surface area contributed by atoms with E-state index in [0.29, 0.717) is 17.4 Å². The van der Waals surface area contributed by atoms with Crippen LogP contribution in [-0.2, 0) is 14.8 Å². The smallest absolute Gasteiger partial charge is 0.329 e. The summed E-state index contributed by atoms with van der Waals surface area (Å²) in [6.45, 7) is 5.44. The van der Waals surface area contributed by atoms with Crippen LogP contribution in [0.25, 0.3) is 21.9 Å². The normalized spacial score (nSPS) is 12.7. The Labute approximate surface area is 202 Å². The number of hydrogen-bond donors (Lipinski definition) is 2. The molecule has 2 N–H and O–H groups in total. The molecule has 3 aromatic carbocycles. The number of benzene rings is 3. The van der Waals surface area contributed by atoms with Gasteiger partial charge in [0.1, 0.15) is 34.1 Å². The van der Waals surface area contributed by atoms with Crippen molar-refractivity contribution in [1.82, 2.24) is 4.72 Å². The number of fused-ring (bicyclic) bond motifs is 2. The molecule has 0 unspecified atom stereocenters. The molecule has 1 heterocycles. The van der Waals surface area contributed by atoms with Crippen LogP contribution in [-0.4, -0.2) is 25.5 Å². The summed E-state index contributed by atoms with van der Waals surface area (Å²) >= 11 is 0. The van der Waals surface area contributed by atoms with Crippen molar-refractivity contribution in [3.05, 3.63) is 75.9 Å². The van der Waals surface area contributed by atoms with Crippen LogP contribution in [0.3, 0.4) is 0 Å². The zero-order chi connectivity index (χ0) is 25.3. The van der Waals surface area contributed by atoms with E-state index in [1.54, 1.807) is 37.3 Å². The third kappa shape index (κ3) is 4.91. The molecule has 0 aliphatic rings. The number of para-hydroxylation sites is 1. The second-order valence-corrected chi connectivity index (χ2v) is 10.1. The minimum absolute atomic E-state index is 0.0318. The highest BCUT2D eigenvalue weighted by atomic mass is 32.2. The molecule has 1 atom stereocenters. The first-order valence-corrected chi connectivity index (χ1v) is 12.6. The molecule has 0 aliphatic carbocycles. The number of ether oxygens (including phenoxy) is 1. The molecule has 8 nitrogen and oxygen atoms in total. The molecule has 0 bridgehead atoms. The molecule has 0 fully saturated rings. The topological polar surface area (TPSA) is 123 Å². The number of carbonyl (C=O) groups is 1. The Morgan fingerprint density at radius 1 is 1.11 bits per heavy atom. The van der Waals surface area contributed by atoms with Crippen LogP contribution in [0.2, 0.25) is 0 Å². The minimum Gasteiger partial charge on any atom is -0.507 e. The number of aryl methyl sites for hydroxylation is 2. The first-order chi connectivity index (χ1) is 16.6. The average Bonchev–Trinajstić information content (AvgIpc) is 2.79. The second-order valence-electron chi connectivity index (χ2n) is 8.40. The fourth-order valence-electron chi connectivity index (χ4n) is 3.83. The number of sulfonamides is 1. The van der Waals surface area contributed by atoms with Crippen molar-refractivity contribution >= 4 is 37.9 Å². The molecule has 182 valence electrons. The monoisotopic (exact) mass is 495 g/mol. The molecule has 1 aromatic heterocycles. The molecule has 4 aromatic rings. The lowest BCUT2D eigenvalue weighted by molar-refractivity contribution is -0.136. The van der Waals surface area contributed by atoms with Crippen molar-refractivity contribution in [2.24, 2.45) is 0 Å². The summed E-state index contributed by atoms with van der Waals surface area (Å²) in [5.74, 6) is -1.33. The summed E-state index contributed by atoms with van der Waals surface area (Å²) in [4.78, 5) is 25.9. The standard InChI is InChI=1S/C26H25NO7S/c1-4-6-20(27-35(31,32)18-11-9-15(2)10-12-18)26(30)33-17-13-21(28)23-22(14-17)34-25-16(3)7-5-8-19(25)24(23)29/h5,7-14,20,27-28H,4,6H2,1-3H3/t20-/m0/s1. The van der Waals surface area contributed by atoms with Crippen LogP contribution in [0.4, 0.5) is 0 Å². The van der Waals surface area contributed by atoms with Gasteiger partial charge in [-0.05, 0) is 44.0 Å². The van der Waals surface area contributed by atoms with Gasteiger partial charge in [-0.15, -0.1) is 0 Å². The maximum atomic E-state index is 12.9. The average molecular weight is 496 g/mol. The van der Waals surface area contributed by atoms with E-state index < -0.39 is 33.2 Å². The lowest BCUT2D eigenvalue weighted by Gasteiger charge is -2.17. The van der Waals surface area contributed by atoms with E-state index in [9.17, 15) is 23.1 Å². The van der Waals surface area contributed by atoms with Crippen molar-refractivity contribution in [3.63, 3.8) is 0 Å². The third-order valence-electron chi connectivity index (χ3n) is 5.66. The predicted molar refractivity (Wildman–Crippen MR) is 132 cm³/mol. The number of phenolic OH excluding ortho intramolecular Hbond substituents is 1. The molecule has 9 heteroatoms. The van der Waals surface area contributed by atoms with Gasteiger partial charge in [-0.3, -0.25) is 4.79 Å². The van der Waals surface area contributed by atoms with Gasteiger partial charge in [-0.25, -0.2) is 13.2 Å². The lowest BCUT2D eigenvalue weighted by atomic mass is 10.1. The fraction of sp³-hybridized carbons (Fsp3) is 0.231. The van der Waals surface area contributed by atoms with Gasteiger partial charge in [0.15, 0.2) is 0 Å². The number of nitrogens with one attached hydrogen (secondary N) is 1. The molecule has 0 radical (unpaired) electrons. The Bertz CT molecular complexity index is 1590. The Hall–Kier alpha value is -3.69. The molecule has 0 aliphatic heterocycles. The van der Waals surface area contributed by atoms with Crippen molar-refractivity contribution < 1.29 is 27.5 Å².